The highest BCUT2D eigenvalue weighted by Crippen LogP contribution is 2.28. The molecule has 3 nitrogen and oxygen atoms in total. The Balaban J connectivity index is 2.72. The van der Waals surface area contributed by atoms with Crippen LogP contribution in [0.25, 0.3) is 0 Å². The number of rotatable bonds is 0. The molecule has 0 saturated carbocycles. The molecule has 66 valence electrons. The van der Waals surface area contributed by atoms with Gasteiger partial charge in [-0.25, -0.2) is 4.99 Å². The van der Waals surface area contributed by atoms with Gasteiger partial charge >= 0.3 is 0 Å². The van der Waals surface area contributed by atoms with Crippen LogP contribution in [0.4, 0.5) is 0 Å². The second kappa shape index (κ2) is 2.72. The molecule has 0 fully saturated rings. The molecule has 0 saturated heterocycles. The zero-order chi connectivity index (χ0) is 9.59. The van der Waals surface area contributed by atoms with Gasteiger partial charge in [0, 0.05) is 0 Å². The summed E-state index contributed by atoms with van der Waals surface area (Å²) >= 11 is 11.3. The van der Waals surface area contributed by atoms with Crippen molar-refractivity contribution in [1.29, 1.82) is 0 Å². The molecule has 1 amide bonds. The number of fused-ring (bicyclic) bond motifs is 1. The van der Waals surface area contributed by atoms with Gasteiger partial charge in [0.05, 0.1) is 15.6 Å². The molecule has 1 heterocycles. The smallest absolute Gasteiger partial charge is 0.277 e. The highest BCUT2D eigenvalue weighted by Gasteiger charge is 2.19. The highest BCUT2D eigenvalue weighted by molar-refractivity contribution is 6.42. The van der Waals surface area contributed by atoms with E-state index in [-0.39, 0.29) is 21.2 Å². The predicted molar refractivity (Wildman–Crippen MR) is 47.3 cm³/mol. The van der Waals surface area contributed by atoms with Crippen LogP contribution in [0.15, 0.2) is 17.1 Å². The van der Waals surface area contributed by atoms with E-state index < -0.39 is 11.8 Å². The van der Waals surface area contributed by atoms with Crippen LogP contribution in [0.3, 0.4) is 0 Å². The third-order valence-corrected chi connectivity index (χ3v) is 2.45. The van der Waals surface area contributed by atoms with Crippen molar-refractivity contribution >= 4 is 35.0 Å². The van der Waals surface area contributed by atoms with E-state index in [1.807, 2.05) is 0 Å². The molecule has 1 aliphatic heterocycles. The van der Waals surface area contributed by atoms with Gasteiger partial charge in [0.2, 0.25) is 0 Å². The summed E-state index contributed by atoms with van der Waals surface area (Å²) in [6, 6.07) is 2.71. The molecule has 0 N–H and O–H groups in total. The third kappa shape index (κ3) is 1.20. The molecule has 0 aliphatic carbocycles. The molecular weight excluding hydrogens is 213 g/mol. The van der Waals surface area contributed by atoms with Crippen LogP contribution in [-0.4, -0.2) is 11.8 Å². The number of hydrogen-bond donors (Lipinski definition) is 0. The fourth-order valence-corrected chi connectivity index (χ4v) is 1.44. The maximum atomic E-state index is 11.1. The molecule has 0 unspecified atom stereocenters. The zero-order valence-electron chi connectivity index (χ0n) is 6.17. The molecule has 0 spiro atoms. The summed E-state index contributed by atoms with van der Waals surface area (Å²) in [4.78, 5) is 14.3. The van der Waals surface area contributed by atoms with Gasteiger partial charge < -0.3 is 5.11 Å². The molecule has 1 aromatic rings. The minimum atomic E-state index is -0.557. The van der Waals surface area contributed by atoms with Crippen LogP contribution in [0.2, 0.25) is 10.0 Å². The van der Waals surface area contributed by atoms with E-state index in [9.17, 15) is 9.90 Å². The lowest BCUT2D eigenvalue weighted by Crippen LogP contribution is -2.16. The first-order valence-electron chi connectivity index (χ1n) is 3.39. The van der Waals surface area contributed by atoms with Gasteiger partial charge in [0.15, 0.2) is 0 Å². The normalized spacial score (nSPS) is 14.3. The predicted octanol–water partition coefficient (Wildman–Crippen LogP) is 1.25. The molecule has 1 aliphatic rings. The molecule has 0 radical (unpaired) electrons. The van der Waals surface area contributed by atoms with Crippen LogP contribution >= 0.6 is 23.2 Å². The summed E-state index contributed by atoms with van der Waals surface area (Å²) in [5.74, 6) is -1.11. The number of benzene rings is 1. The Kier molecular flexibility index (Phi) is 1.78. The number of nitrogens with zero attached hydrogens (tertiary/aromatic N) is 1. The maximum Gasteiger partial charge on any atom is 0.277 e. The Bertz CT molecular complexity index is 440. The van der Waals surface area contributed by atoms with Crippen LogP contribution in [0.1, 0.15) is 15.9 Å². The molecule has 1 aromatic carbocycles. The summed E-state index contributed by atoms with van der Waals surface area (Å²) in [6.45, 7) is 0. The van der Waals surface area contributed by atoms with E-state index in [1.165, 1.54) is 12.1 Å². The Hall–Kier alpha value is -1.06. The first kappa shape index (κ1) is 8.53. The van der Waals surface area contributed by atoms with Crippen LogP contribution in [0.5, 0.6) is 0 Å². The fourth-order valence-electron chi connectivity index (χ4n) is 1.11. The first-order valence-corrected chi connectivity index (χ1v) is 4.14. The van der Waals surface area contributed by atoms with Crippen molar-refractivity contribution in [3.63, 3.8) is 0 Å². The number of carbonyl (C=O) groups excluding carboxylic acids is 1. The quantitative estimate of drug-likeness (QED) is 0.653. The molecular formula is C8H2Cl2NO2-. The zero-order valence-corrected chi connectivity index (χ0v) is 7.69. The average molecular weight is 215 g/mol. The summed E-state index contributed by atoms with van der Waals surface area (Å²) in [7, 11) is 0. The lowest BCUT2D eigenvalue weighted by molar-refractivity contribution is -0.212. The van der Waals surface area contributed by atoms with E-state index in [2.05, 4.69) is 4.99 Å². The topological polar surface area (TPSA) is 52.5 Å². The van der Waals surface area contributed by atoms with Crippen molar-refractivity contribution in [2.45, 2.75) is 0 Å². The highest BCUT2D eigenvalue weighted by atomic mass is 35.5. The van der Waals surface area contributed by atoms with Gasteiger partial charge in [0.1, 0.15) is 0 Å². The lowest BCUT2D eigenvalue weighted by Gasteiger charge is -2.06. The van der Waals surface area contributed by atoms with Gasteiger partial charge in [-0.3, -0.25) is 4.79 Å². The minimum absolute atomic E-state index is 0.222. The molecule has 13 heavy (non-hydrogen) atoms. The Labute approximate surface area is 83.6 Å². The van der Waals surface area contributed by atoms with Crippen LogP contribution in [0, 0.1) is 0 Å². The van der Waals surface area contributed by atoms with Gasteiger partial charge in [-0.15, -0.1) is 0 Å². The van der Waals surface area contributed by atoms with Crippen molar-refractivity contribution in [2.24, 2.45) is 4.99 Å². The van der Waals surface area contributed by atoms with Crippen molar-refractivity contribution in [1.82, 2.24) is 0 Å². The molecule has 0 bridgehead atoms. The minimum Gasteiger partial charge on any atom is -0.858 e. The number of hydrogen-bond acceptors (Lipinski definition) is 2. The van der Waals surface area contributed by atoms with E-state index in [0.717, 1.165) is 0 Å². The Morgan fingerprint density at radius 1 is 1.15 bits per heavy atom. The number of aliphatic imine (C=N–C) groups is 1. The first-order chi connectivity index (χ1) is 6.09. The second-order valence-electron chi connectivity index (χ2n) is 2.53. The lowest BCUT2D eigenvalue weighted by atomic mass is 10.1. The Morgan fingerprint density at radius 3 is 2.31 bits per heavy atom. The van der Waals surface area contributed by atoms with Crippen molar-refractivity contribution in [3.05, 3.63) is 33.3 Å². The van der Waals surface area contributed by atoms with Gasteiger partial charge in [0.25, 0.3) is 5.91 Å². The van der Waals surface area contributed by atoms with E-state index >= 15 is 0 Å². The van der Waals surface area contributed by atoms with Crippen LogP contribution in [-0.2, 0) is 0 Å². The van der Waals surface area contributed by atoms with Crippen molar-refractivity contribution in [2.75, 3.05) is 0 Å². The van der Waals surface area contributed by atoms with Crippen molar-refractivity contribution in [3.8, 4) is 0 Å². The summed E-state index contributed by atoms with van der Waals surface area (Å²) in [6.07, 6.45) is 0. The SMILES string of the molecule is O=C1N=C([O-])c2cc(Cl)c(Cl)cc21. The van der Waals surface area contributed by atoms with Gasteiger partial charge in [-0.05, 0) is 23.6 Å². The van der Waals surface area contributed by atoms with E-state index in [4.69, 9.17) is 23.2 Å². The second-order valence-corrected chi connectivity index (χ2v) is 3.35. The van der Waals surface area contributed by atoms with E-state index in [1.54, 1.807) is 0 Å². The number of halogens is 2. The van der Waals surface area contributed by atoms with E-state index in [0.29, 0.717) is 0 Å². The summed E-state index contributed by atoms with van der Waals surface area (Å²) in [5, 5.41) is 11.5. The summed E-state index contributed by atoms with van der Waals surface area (Å²) in [5.41, 5.74) is 0.443. The standard InChI is InChI=1S/C8H3Cl2NO2/c9-5-1-3-4(2-6(5)10)8(13)11-7(3)12/h1-2H,(H,11,12,13)/p-1. The molecule has 0 aromatic heterocycles. The maximum absolute atomic E-state index is 11.1. The fraction of sp³-hybridized carbons (Fsp3) is 0. The monoisotopic (exact) mass is 214 g/mol. The van der Waals surface area contributed by atoms with Crippen LogP contribution < -0.4 is 5.11 Å². The third-order valence-electron chi connectivity index (χ3n) is 1.72. The van der Waals surface area contributed by atoms with Gasteiger partial charge in [-0.2, -0.15) is 0 Å². The molecule has 0 atom stereocenters. The number of carbonyl (C=O) groups is 1. The molecule has 2 rings (SSSR count). The summed E-state index contributed by atoms with van der Waals surface area (Å²) < 4.78 is 0. The number of amides is 1. The van der Waals surface area contributed by atoms with Gasteiger partial charge in [-0.1, -0.05) is 23.2 Å². The molecule has 5 heteroatoms. The van der Waals surface area contributed by atoms with Crippen molar-refractivity contribution < 1.29 is 9.90 Å². The Morgan fingerprint density at radius 2 is 1.69 bits per heavy atom. The average Bonchev–Trinajstić information content (AvgIpc) is 2.31. The largest absolute Gasteiger partial charge is 0.858 e.